The summed E-state index contributed by atoms with van der Waals surface area (Å²) in [6.45, 7) is 3.57. The summed E-state index contributed by atoms with van der Waals surface area (Å²) in [5.74, 6) is 0.848. The van der Waals surface area contributed by atoms with Gasteiger partial charge in [0.1, 0.15) is 5.76 Å². The van der Waals surface area contributed by atoms with Crippen molar-refractivity contribution in [2.45, 2.75) is 29.7 Å². The van der Waals surface area contributed by atoms with E-state index in [9.17, 15) is 9.00 Å². The number of benzene rings is 2. The van der Waals surface area contributed by atoms with Crippen LogP contribution in [0.1, 0.15) is 16.9 Å². The monoisotopic (exact) mass is 486 g/mol. The quantitative estimate of drug-likeness (QED) is 0.274. The summed E-state index contributed by atoms with van der Waals surface area (Å²) in [7, 11) is 3.31. The number of tetrazole rings is 1. The number of para-hydroxylation sites is 1. The van der Waals surface area contributed by atoms with Gasteiger partial charge in [-0.1, -0.05) is 30.0 Å². The van der Waals surface area contributed by atoms with Crippen LogP contribution in [-0.2, 0) is 21.1 Å². The Hall–Kier alpha value is -3.06. The maximum Gasteiger partial charge on any atom is 0.291 e. The van der Waals surface area contributed by atoms with Crippen LogP contribution in [0.3, 0.4) is 0 Å². The lowest BCUT2D eigenvalue weighted by atomic mass is 10.2. The third-order valence-electron chi connectivity index (χ3n) is 4.68. The van der Waals surface area contributed by atoms with E-state index in [0.717, 1.165) is 11.3 Å². The standard InChI is InChI=1S/C21H22N6O4S2/c1-14-12-17(33(29)31-25(3)4)10-11-19(14)27-20(28)18(15(2)30-27)13-32-21-22-23-24-26(21)16-8-6-5-7-9-16/h5-12H,13H2,1-4H3. The van der Waals surface area contributed by atoms with Crippen molar-refractivity contribution in [1.82, 2.24) is 30.0 Å². The first-order valence-electron chi connectivity index (χ1n) is 9.92. The van der Waals surface area contributed by atoms with E-state index in [-0.39, 0.29) is 5.56 Å². The molecule has 4 aromatic rings. The lowest BCUT2D eigenvalue weighted by Gasteiger charge is -2.10. The van der Waals surface area contributed by atoms with Crippen molar-refractivity contribution in [2.24, 2.45) is 0 Å². The minimum Gasteiger partial charge on any atom is -0.376 e. The molecular formula is C21H22N6O4S2. The van der Waals surface area contributed by atoms with Crippen LogP contribution in [0.25, 0.3) is 11.4 Å². The van der Waals surface area contributed by atoms with Crippen molar-refractivity contribution < 1.29 is 13.0 Å². The number of hydroxylamine groups is 2. The molecule has 0 aliphatic carbocycles. The molecule has 0 saturated carbocycles. The molecule has 2 heterocycles. The van der Waals surface area contributed by atoms with Gasteiger partial charge in [-0.25, -0.2) is 4.21 Å². The molecule has 0 bridgehead atoms. The van der Waals surface area contributed by atoms with Crippen LogP contribution in [0.2, 0.25) is 0 Å². The number of hydrogen-bond acceptors (Lipinski definition) is 9. The Morgan fingerprint density at radius 1 is 1.15 bits per heavy atom. The highest BCUT2D eigenvalue weighted by Crippen LogP contribution is 2.24. The number of hydrogen-bond donors (Lipinski definition) is 0. The van der Waals surface area contributed by atoms with E-state index in [0.29, 0.717) is 32.8 Å². The lowest BCUT2D eigenvalue weighted by Crippen LogP contribution is -2.17. The summed E-state index contributed by atoms with van der Waals surface area (Å²) in [6.07, 6.45) is 0. The van der Waals surface area contributed by atoms with E-state index in [4.69, 9.17) is 8.81 Å². The van der Waals surface area contributed by atoms with E-state index in [1.165, 1.54) is 21.6 Å². The molecule has 2 aromatic carbocycles. The summed E-state index contributed by atoms with van der Waals surface area (Å²) >= 11 is -0.301. The van der Waals surface area contributed by atoms with Crippen molar-refractivity contribution in [3.8, 4) is 11.4 Å². The third-order valence-corrected chi connectivity index (χ3v) is 6.70. The average molecular weight is 487 g/mol. The van der Waals surface area contributed by atoms with E-state index in [1.807, 2.05) is 37.3 Å². The van der Waals surface area contributed by atoms with Gasteiger partial charge in [-0.15, -0.1) is 9.84 Å². The van der Waals surface area contributed by atoms with Crippen LogP contribution < -0.4 is 5.56 Å². The summed E-state index contributed by atoms with van der Waals surface area (Å²) in [5.41, 5.74) is 2.38. The fraction of sp³-hybridized carbons (Fsp3) is 0.238. The van der Waals surface area contributed by atoms with Gasteiger partial charge < -0.3 is 4.52 Å². The number of aromatic nitrogens is 5. The van der Waals surface area contributed by atoms with E-state index < -0.39 is 11.1 Å². The average Bonchev–Trinajstić information content (AvgIpc) is 3.36. The summed E-state index contributed by atoms with van der Waals surface area (Å²) in [5, 5.41) is 13.8. The summed E-state index contributed by atoms with van der Waals surface area (Å²) in [6, 6.07) is 14.6. The minimum absolute atomic E-state index is 0.264. The molecule has 2 aromatic heterocycles. The number of aryl methyl sites for hydroxylation is 2. The molecule has 0 aliphatic heterocycles. The molecule has 0 radical (unpaired) electrons. The fourth-order valence-electron chi connectivity index (χ4n) is 3.10. The van der Waals surface area contributed by atoms with Crippen LogP contribution in [0.4, 0.5) is 0 Å². The molecule has 0 N–H and O–H groups in total. The zero-order valence-corrected chi connectivity index (χ0v) is 20.1. The SMILES string of the molecule is Cc1cc(S(=O)ON(C)C)ccc1-n1oc(C)c(CSc2nnnn2-c2ccccc2)c1=O. The van der Waals surface area contributed by atoms with Gasteiger partial charge in [0.2, 0.25) is 16.2 Å². The molecule has 1 unspecified atom stereocenters. The third kappa shape index (κ3) is 4.98. The Bertz CT molecular complexity index is 1350. The van der Waals surface area contributed by atoms with Gasteiger partial charge in [-0.3, -0.25) is 4.79 Å². The van der Waals surface area contributed by atoms with Gasteiger partial charge in [0.05, 0.1) is 21.8 Å². The highest BCUT2D eigenvalue weighted by atomic mass is 32.2. The van der Waals surface area contributed by atoms with Crippen molar-refractivity contribution in [2.75, 3.05) is 14.1 Å². The molecule has 0 spiro atoms. The second kappa shape index (κ2) is 9.83. The highest BCUT2D eigenvalue weighted by molar-refractivity contribution is 7.98. The van der Waals surface area contributed by atoms with E-state index in [2.05, 4.69) is 15.5 Å². The molecule has 33 heavy (non-hydrogen) atoms. The Balaban J connectivity index is 1.57. The second-order valence-corrected chi connectivity index (χ2v) is 9.33. The molecular weight excluding hydrogens is 464 g/mol. The van der Waals surface area contributed by atoms with Gasteiger partial charge in [0, 0.05) is 19.8 Å². The normalized spacial score (nSPS) is 12.4. The largest absolute Gasteiger partial charge is 0.376 e. The topological polar surface area (TPSA) is 108 Å². The first-order chi connectivity index (χ1) is 15.8. The minimum atomic E-state index is -1.65. The molecule has 0 fully saturated rings. The molecule has 1 atom stereocenters. The Labute approximate surface area is 196 Å². The molecule has 10 nitrogen and oxygen atoms in total. The predicted octanol–water partition coefficient (Wildman–Crippen LogP) is 2.83. The second-order valence-electron chi connectivity index (χ2n) is 7.29. The van der Waals surface area contributed by atoms with Gasteiger partial charge in [-0.05, 0) is 60.2 Å². The zero-order chi connectivity index (χ0) is 23.5. The lowest BCUT2D eigenvalue weighted by molar-refractivity contribution is 0.0137. The van der Waals surface area contributed by atoms with Crippen LogP contribution in [-0.4, -0.2) is 48.3 Å². The Kier molecular flexibility index (Phi) is 6.88. The molecule has 4 rings (SSSR count). The Morgan fingerprint density at radius 3 is 2.61 bits per heavy atom. The van der Waals surface area contributed by atoms with E-state index >= 15 is 0 Å². The van der Waals surface area contributed by atoms with Crippen LogP contribution in [0, 0.1) is 13.8 Å². The first-order valence-corrected chi connectivity index (χ1v) is 12.0. The predicted molar refractivity (Wildman–Crippen MR) is 124 cm³/mol. The summed E-state index contributed by atoms with van der Waals surface area (Å²) in [4.78, 5) is 13.6. The summed E-state index contributed by atoms with van der Waals surface area (Å²) < 4.78 is 26.1. The molecule has 0 amide bonds. The molecule has 12 heteroatoms. The van der Waals surface area contributed by atoms with Gasteiger partial charge in [0.25, 0.3) is 5.56 Å². The fourth-order valence-corrected chi connectivity index (χ4v) is 4.87. The van der Waals surface area contributed by atoms with Crippen molar-refractivity contribution in [3.05, 3.63) is 75.8 Å². The number of thioether (sulfide) groups is 1. The Morgan fingerprint density at radius 2 is 1.91 bits per heavy atom. The van der Waals surface area contributed by atoms with Crippen LogP contribution >= 0.6 is 11.8 Å². The number of rotatable bonds is 8. The van der Waals surface area contributed by atoms with Crippen molar-refractivity contribution in [3.63, 3.8) is 0 Å². The van der Waals surface area contributed by atoms with Crippen LogP contribution in [0.5, 0.6) is 0 Å². The zero-order valence-electron chi connectivity index (χ0n) is 18.5. The maximum absolute atomic E-state index is 13.1. The highest BCUT2D eigenvalue weighted by Gasteiger charge is 2.19. The van der Waals surface area contributed by atoms with Crippen LogP contribution in [0.15, 0.2) is 67.9 Å². The molecule has 0 saturated heterocycles. The molecule has 0 aliphatic rings. The van der Waals surface area contributed by atoms with Crippen molar-refractivity contribution in [1.29, 1.82) is 0 Å². The molecule has 172 valence electrons. The van der Waals surface area contributed by atoms with Crippen molar-refractivity contribution >= 4 is 22.8 Å². The van der Waals surface area contributed by atoms with Gasteiger partial charge >= 0.3 is 0 Å². The van der Waals surface area contributed by atoms with Gasteiger partial charge in [-0.2, -0.15) is 14.0 Å². The maximum atomic E-state index is 13.1. The smallest absolute Gasteiger partial charge is 0.291 e. The number of nitrogens with zero attached hydrogens (tertiary/aromatic N) is 6. The van der Waals surface area contributed by atoms with Gasteiger partial charge in [0.15, 0.2) is 0 Å². The van der Waals surface area contributed by atoms with E-state index in [1.54, 1.807) is 43.9 Å². The first kappa shape index (κ1) is 23.1.